The number of carbonyl (C=O) groups excluding carboxylic acids is 1. The van der Waals surface area contributed by atoms with Crippen LogP contribution in [0.2, 0.25) is 0 Å². The van der Waals surface area contributed by atoms with Gasteiger partial charge in [0.25, 0.3) is 0 Å². The molecule has 2 aromatic carbocycles. The maximum atomic E-state index is 13.0. The summed E-state index contributed by atoms with van der Waals surface area (Å²) in [4.78, 5) is 13.3. The molecule has 4 nitrogen and oxygen atoms in total. The van der Waals surface area contributed by atoms with Crippen molar-refractivity contribution in [3.05, 3.63) is 64.7 Å². The molecule has 164 valence electrons. The Kier molecular flexibility index (Phi) is 9.24. The van der Waals surface area contributed by atoms with Crippen molar-refractivity contribution in [3.63, 3.8) is 0 Å². The van der Waals surface area contributed by atoms with Gasteiger partial charge in [-0.25, -0.2) is 8.78 Å². The third-order valence-corrected chi connectivity index (χ3v) is 5.23. The van der Waals surface area contributed by atoms with E-state index in [2.05, 4.69) is 42.4 Å². The zero-order valence-corrected chi connectivity index (χ0v) is 18.2. The molecule has 1 heterocycles. The van der Waals surface area contributed by atoms with Gasteiger partial charge in [-0.05, 0) is 73.5 Å². The predicted molar refractivity (Wildman–Crippen MR) is 119 cm³/mol. The number of anilines is 1. The zero-order valence-electron chi connectivity index (χ0n) is 18.2. The van der Waals surface area contributed by atoms with Gasteiger partial charge in [0.05, 0.1) is 0 Å². The molecule has 0 saturated carbocycles. The van der Waals surface area contributed by atoms with Crippen molar-refractivity contribution in [1.82, 2.24) is 5.32 Å². The van der Waals surface area contributed by atoms with Gasteiger partial charge < -0.3 is 16.0 Å². The van der Waals surface area contributed by atoms with Gasteiger partial charge in [-0.2, -0.15) is 0 Å². The van der Waals surface area contributed by atoms with E-state index in [0.29, 0.717) is 24.9 Å². The van der Waals surface area contributed by atoms with Gasteiger partial charge in [-0.1, -0.05) is 19.1 Å². The molecule has 2 aromatic rings. The highest BCUT2D eigenvalue weighted by molar-refractivity contribution is 5.73. The largest absolute Gasteiger partial charge is 0.374 e. The smallest absolute Gasteiger partial charge is 0.217 e. The second-order valence-electron chi connectivity index (χ2n) is 7.80. The highest BCUT2D eigenvalue weighted by Gasteiger charge is 2.13. The molecule has 1 amide bonds. The second-order valence-corrected chi connectivity index (χ2v) is 7.80. The molecule has 0 bridgehead atoms. The number of benzene rings is 2. The number of nitrogens with zero attached hydrogens (tertiary/aromatic N) is 1. The highest BCUT2D eigenvalue weighted by Crippen LogP contribution is 2.26. The van der Waals surface area contributed by atoms with E-state index in [1.165, 1.54) is 55.3 Å². The third kappa shape index (κ3) is 7.41. The fourth-order valence-corrected chi connectivity index (χ4v) is 3.79. The van der Waals surface area contributed by atoms with Gasteiger partial charge in [0.2, 0.25) is 5.91 Å². The molecule has 1 aliphatic rings. The lowest BCUT2D eigenvalue weighted by Gasteiger charge is -2.27. The first-order valence-corrected chi connectivity index (χ1v) is 10.6. The fourth-order valence-electron chi connectivity index (χ4n) is 3.79. The molecule has 0 spiro atoms. The Bertz CT molecular complexity index is 821. The first-order chi connectivity index (χ1) is 14.3. The summed E-state index contributed by atoms with van der Waals surface area (Å²) in [7, 11) is 2.18. The van der Waals surface area contributed by atoms with Crippen LogP contribution in [0.15, 0.2) is 36.4 Å². The van der Waals surface area contributed by atoms with Crippen LogP contribution in [0, 0.1) is 11.6 Å². The third-order valence-electron chi connectivity index (χ3n) is 5.23. The molecule has 0 fully saturated rings. The number of nitrogens with two attached hydrogens (primary N) is 1. The highest BCUT2D eigenvalue weighted by atomic mass is 19.1. The van der Waals surface area contributed by atoms with Gasteiger partial charge >= 0.3 is 0 Å². The first kappa shape index (κ1) is 23.8. The summed E-state index contributed by atoms with van der Waals surface area (Å²) in [5.41, 5.74) is 10.4. The SMILES string of the molecule is CC(=O)N[C@H](CCN)Cc1cc(F)cc(F)c1.CCc1ccc2c(c1)CCCN2C. The molecule has 6 heteroatoms. The van der Waals surface area contributed by atoms with Crippen LogP contribution in [0.3, 0.4) is 0 Å². The summed E-state index contributed by atoms with van der Waals surface area (Å²) in [6, 6.07) is 10.0. The Morgan fingerprint density at radius 1 is 1.17 bits per heavy atom. The summed E-state index contributed by atoms with van der Waals surface area (Å²) >= 11 is 0. The lowest BCUT2D eigenvalue weighted by atomic mass is 9.99. The molecule has 30 heavy (non-hydrogen) atoms. The van der Waals surface area contributed by atoms with E-state index in [1.54, 1.807) is 0 Å². The molecule has 0 aliphatic carbocycles. The molecule has 0 unspecified atom stereocenters. The number of hydrogen-bond donors (Lipinski definition) is 2. The number of hydrogen-bond acceptors (Lipinski definition) is 3. The van der Waals surface area contributed by atoms with Crippen LogP contribution in [0.5, 0.6) is 0 Å². The van der Waals surface area contributed by atoms with E-state index < -0.39 is 11.6 Å². The normalized spacial score (nSPS) is 13.7. The predicted octanol–water partition coefficient (Wildman–Crippen LogP) is 3.99. The Hall–Kier alpha value is -2.47. The van der Waals surface area contributed by atoms with Crippen molar-refractivity contribution in [2.75, 3.05) is 25.0 Å². The molecular weight excluding hydrogens is 384 g/mol. The minimum absolute atomic E-state index is 0.180. The van der Waals surface area contributed by atoms with E-state index >= 15 is 0 Å². The number of carbonyl (C=O) groups is 1. The molecule has 0 saturated heterocycles. The van der Waals surface area contributed by atoms with E-state index in [9.17, 15) is 13.6 Å². The van der Waals surface area contributed by atoms with Gasteiger partial charge in [-0.3, -0.25) is 4.79 Å². The van der Waals surface area contributed by atoms with Crippen molar-refractivity contribution in [1.29, 1.82) is 0 Å². The van der Waals surface area contributed by atoms with E-state index in [0.717, 1.165) is 12.5 Å². The summed E-state index contributed by atoms with van der Waals surface area (Å²) in [6.07, 6.45) is 4.64. The molecule has 0 aromatic heterocycles. The van der Waals surface area contributed by atoms with Crippen LogP contribution in [0.1, 0.15) is 43.4 Å². The van der Waals surface area contributed by atoms with Crippen molar-refractivity contribution >= 4 is 11.6 Å². The van der Waals surface area contributed by atoms with Crippen LogP contribution in [-0.2, 0) is 24.1 Å². The van der Waals surface area contributed by atoms with E-state index in [1.807, 2.05) is 0 Å². The molecule has 0 radical (unpaired) electrons. The lowest BCUT2D eigenvalue weighted by molar-refractivity contribution is -0.119. The Labute approximate surface area is 178 Å². The Balaban J connectivity index is 0.000000220. The van der Waals surface area contributed by atoms with Crippen LogP contribution in [0.4, 0.5) is 14.5 Å². The number of amides is 1. The molecule has 3 N–H and O–H groups in total. The zero-order chi connectivity index (χ0) is 22.1. The van der Waals surface area contributed by atoms with Gasteiger partial charge in [0, 0.05) is 38.3 Å². The monoisotopic (exact) mass is 417 g/mol. The molecular formula is C24H33F2N3O. The lowest BCUT2D eigenvalue weighted by Crippen LogP contribution is -2.36. The summed E-state index contributed by atoms with van der Waals surface area (Å²) in [6.45, 7) is 5.23. The van der Waals surface area contributed by atoms with Crippen LogP contribution >= 0.6 is 0 Å². The number of halogens is 2. The topological polar surface area (TPSA) is 58.4 Å². The Morgan fingerprint density at radius 2 is 1.87 bits per heavy atom. The van der Waals surface area contributed by atoms with Crippen molar-refractivity contribution in [2.45, 2.75) is 52.0 Å². The van der Waals surface area contributed by atoms with Gasteiger partial charge in [-0.15, -0.1) is 0 Å². The molecule has 1 aliphatic heterocycles. The molecule has 1 atom stereocenters. The summed E-state index contributed by atoms with van der Waals surface area (Å²) in [5, 5.41) is 2.70. The minimum atomic E-state index is -0.616. The van der Waals surface area contributed by atoms with Crippen LogP contribution in [0.25, 0.3) is 0 Å². The van der Waals surface area contributed by atoms with Gasteiger partial charge in [0.15, 0.2) is 0 Å². The fraction of sp³-hybridized carbons (Fsp3) is 0.458. The van der Waals surface area contributed by atoms with Crippen LogP contribution in [-0.4, -0.2) is 32.1 Å². The molecule has 3 rings (SSSR count). The summed E-state index contributed by atoms with van der Waals surface area (Å²) < 4.78 is 25.9. The second kappa shape index (κ2) is 11.6. The van der Waals surface area contributed by atoms with Crippen molar-refractivity contribution in [3.8, 4) is 0 Å². The number of aryl methyl sites for hydroxylation is 2. The van der Waals surface area contributed by atoms with E-state index in [4.69, 9.17) is 5.73 Å². The standard InChI is InChI=1S/C12H16F2N2O.C12H17N/c1-8(17)16-12(2-3-15)6-9-4-10(13)7-11(14)5-9;1-3-10-6-7-12-11(9-10)5-4-8-13(12)2/h4-5,7,12H,2-3,6,15H2,1H3,(H,16,17);6-7,9H,3-5,8H2,1-2H3/t12-;/m1./s1. The number of rotatable bonds is 6. The Morgan fingerprint density at radius 3 is 2.47 bits per heavy atom. The number of nitrogens with one attached hydrogen (secondary N) is 1. The summed E-state index contributed by atoms with van der Waals surface area (Å²) in [5.74, 6) is -1.41. The maximum absolute atomic E-state index is 13.0. The first-order valence-electron chi connectivity index (χ1n) is 10.6. The average Bonchev–Trinajstić information content (AvgIpc) is 2.67. The quantitative estimate of drug-likeness (QED) is 0.747. The minimum Gasteiger partial charge on any atom is -0.374 e. The average molecular weight is 418 g/mol. The van der Waals surface area contributed by atoms with Gasteiger partial charge in [0.1, 0.15) is 11.6 Å². The van der Waals surface area contributed by atoms with Crippen molar-refractivity contribution in [2.24, 2.45) is 5.73 Å². The van der Waals surface area contributed by atoms with Crippen LogP contribution < -0.4 is 16.0 Å². The maximum Gasteiger partial charge on any atom is 0.217 e. The van der Waals surface area contributed by atoms with E-state index in [-0.39, 0.29) is 11.9 Å². The van der Waals surface area contributed by atoms with Crippen molar-refractivity contribution < 1.29 is 13.6 Å². The number of fused-ring (bicyclic) bond motifs is 1.